The van der Waals surface area contributed by atoms with Gasteiger partial charge in [-0.1, -0.05) is 55.7 Å². The third-order valence-electron chi connectivity index (χ3n) is 4.90. The summed E-state index contributed by atoms with van der Waals surface area (Å²) >= 11 is 0. The van der Waals surface area contributed by atoms with Crippen LogP contribution >= 0.6 is 0 Å². The van der Waals surface area contributed by atoms with Crippen molar-refractivity contribution >= 4 is 0 Å². The summed E-state index contributed by atoms with van der Waals surface area (Å²) in [7, 11) is 0. The first-order chi connectivity index (χ1) is 10.5. The average Bonchev–Trinajstić information content (AvgIpc) is 2.47. The standard InChI is InChI=1S/C21H30O/c1-5-6-7-8-17-10-12-19(21(22)14-17)20-13-16(4)9-11-18(20)15(2)3/h10,12-14,18,20,22H,2,5-9,11H2,1,3-4H3/t18?,20-/m1/s1. The van der Waals surface area contributed by atoms with Crippen molar-refractivity contribution in [2.24, 2.45) is 5.92 Å². The Morgan fingerprint density at radius 1 is 1.32 bits per heavy atom. The van der Waals surface area contributed by atoms with Gasteiger partial charge in [-0.15, -0.1) is 0 Å². The van der Waals surface area contributed by atoms with E-state index >= 15 is 0 Å². The van der Waals surface area contributed by atoms with Gasteiger partial charge in [-0.05, 0) is 57.1 Å². The third kappa shape index (κ3) is 4.03. The van der Waals surface area contributed by atoms with E-state index in [4.69, 9.17) is 0 Å². The van der Waals surface area contributed by atoms with Crippen molar-refractivity contribution < 1.29 is 5.11 Å². The van der Waals surface area contributed by atoms with Crippen LogP contribution in [0.5, 0.6) is 5.75 Å². The Labute approximate surface area is 135 Å². The maximum Gasteiger partial charge on any atom is 0.119 e. The summed E-state index contributed by atoms with van der Waals surface area (Å²) in [4.78, 5) is 0. The topological polar surface area (TPSA) is 20.2 Å². The van der Waals surface area contributed by atoms with Crippen molar-refractivity contribution in [3.05, 3.63) is 53.1 Å². The van der Waals surface area contributed by atoms with Gasteiger partial charge < -0.3 is 5.11 Å². The molecule has 1 heteroatoms. The molecular weight excluding hydrogens is 268 g/mol. The van der Waals surface area contributed by atoms with Crippen LogP contribution < -0.4 is 0 Å². The molecule has 0 aromatic heterocycles. The molecule has 0 saturated heterocycles. The number of phenols is 1. The van der Waals surface area contributed by atoms with Gasteiger partial charge in [-0.3, -0.25) is 0 Å². The molecule has 1 aromatic rings. The third-order valence-corrected chi connectivity index (χ3v) is 4.90. The molecule has 0 heterocycles. The van der Waals surface area contributed by atoms with Gasteiger partial charge in [0.15, 0.2) is 0 Å². The molecule has 0 bridgehead atoms. The molecule has 22 heavy (non-hydrogen) atoms. The van der Waals surface area contributed by atoms with Gasteiger partial charge in [-0.25, -0.2) is 0 Å². The van der Waals surface area contributed by atoms with Crippen LogP contribution in [0.4, 0.5) is 0 Å². The number of unbranched alkanes of at least 4 members (excludes halogenated alkanes) is 2. The summed E-state index contributed by atoms with van der Waals surface area (Å²) in [6.07, 6.45) is 9.36. The number of phenolic OH excluding ortho intramolecular Hbond substituents is 1. The first-order valence-corrected chi connectivity index (χ1v) is 8.67. The molecule has 2 atom stereocenters. The van der Waals surface area contributed by atoms with Crippen LogP contribution in [0.3, 0.4) is 0 Å². The van der Waals surface area contributed by atoms with E-state index in [0.717, 1.165) is 24.8 Å². The molecule has 0 fully saturated rings. The highest BCUT2D eigenvalue weighted by atomic mass is 16.3. The molecule has 0 radical (unpaired) electrons. The molecule has 1 unspecified atom stereocenters. The van der Waals surface area contributed by atoms with Crippen LogP contribution in [-0.4, -0.2) is 5.11 Å². The van der Waals surface area contributed by atoms with E-state index in [-0.39, 0.29) is 5.92 Å². The van der Waals surface area contributed by atoms with Gasteiger partial charge in [0.2, 0.25) is 0 Å². The summed E-state index contributed by atoms with van der Waals surface area (Å²) in [6.45, 7) is 10.7. The van der Waals surface area contributed by atoms with Gasteiger partial charge in [-0.2, -0.15) is 0 Å². The largest absolute Gasteiger partial charge is 0.508 e. The minimum Gasteiger partial charge on any atom is -0.508 e. The van der Waals surface area contributed by atoms with Crippen molar-refractivity contribution in [3.63, 3.8) is 0 Å². The zero-order chi connectivity index (χ0) is 16.1. The van der Waals surface area contributed by atoms with Gasteiger partial charge in [0.1, 0.15) is 5.75 Å². The first-order valence-electron chi connectivity index (χ1n) is 8.67. The Kier molecular flexibility index (Phi) is 5.88. The number of hydrogen-bond acceptors (Lipinski definition) is 1. The quantitative estimate of drug-likeness (QED) is 0.494. The van der Waals surface area contributed by atoms with Gasteiger partial charge in [0, 0.05) is 11.5 Å². The Morgan fingerprint density at radius 3 is 2.73 bits per heavy atom. The van der Waals surface area contributed by atoms with E-state index < -0.39 is 0 Å². The van der Waals surface area contributed by atoms with Gasteiger partial charge >= 0.3 is 0 Å². The van der Waals surface area contributed by atoms with Crippen molar-refractivity contribution in [1.82, 2.24) is 0 Å². The fourth-order valence-corrected chi connectivity index (χ4v) is 3.53. The lowest BCUT2D eigenvalue weighted by molar-refractivity contribution is 0.436. The summed E-state index contributed by atoms with van der Waals surface area (Å²) in [6, 6.07) is 6.29. The van der Waals surface area contributed by atoms with Crippen LogP contribution in [0.1, 0.15) is 69.9 Å². The Balaban J connectivity index is 2.23. The zero-order valence-corrected chi connectivity index (χ0v) is 14.4. The fourth-order valence-electron chi connectivity index (χ4n) is 3.53. The molecule has 0 saturated carbocycles. The van der Waals surface area contributed by atoms with Crippen molar-refractivity contribution in [3.8, 4) is 5.75 Å². The minimum atomic E-state index is 0.274. The molecule has 0 aliphatic heterocycles. The second kappa shape index (κ2) is 7.67. The molecule has 120 valence electrons. The summed E-state index contributed by atoms with van der Waals surface area (Å²) in [5.41, 5.74) is 4.96. The molecular formula is C21H30O. The summed E-state index contributed by atoms with van der Waals surface area (Å²) < 4.78 is 0. The highest BCUT2D eigenvalue weighted by Gasteiger charge is 2.27. The predicted molar refractivity (Wildman–Crippen MR) is 95.4 cm³/mol. The van der Waals surface area contributed by atoms with E-state index in [1.54, 1.807) is 0 Å². The highest BCUT2D eigenvalue weighted by Crippen LogP contribution is 2.42. The molecule has 1 aromatic carbocycles. The van der Waals surface area contributed by atoms with Gasteiger partial charge in [0.25, 0.3) is 0 Å². The summed E-state index contributed by atoms with van der Waals surface area (Å²) in [5, 5.41) is 10.5. The van der Waals surface area contributed by atoms with Crippen molar-refractivity contribution in [1.29, 1.82) is 0 Å². The van der Waals surface area contributed by atoms with Crippen LogP contribution in [0.25, 0.3) is 0 Å². The monoisotopic (exact) mass is 298 g/mol. The molecule has 1 aliphatic carbocycles. The lowest BCUT2D eigenvalue weighted by Gasteiger charge is -2.31. The highest BCUT2D eigenvalue weighted by molar-refractivity contribution is 5.43. The second-order valence-electron chi connectivity index (χ2n) is 6.88. The minimum absolute atomic E-state index is 0.274. The normalized spacial score (nSPS) is 21.5. The second-order valence-corrected chi connectivity index (χ2v) is 6.88. The Hall–Kier alpha value is -1.50. The number of benzene rings is 1. The molecule has 1 aliphatic rings. The average molecular weight is 298 g/mol. The van der Waals surface area contributed by atoms with Crippen LogP contribution in [0, 0.1) is 5.92 Å². The SMILES string of the molecule is C=C(C)C1CCC(C)=C[C@H]1c1ccc(CCCCC)cc1O. The Bertz CT molecular complexity index is 553. The van der Waals surface area contributed by atoms with E-state index in [2.05, 4.69) is 45.6 Å². The predicted octanol–water partition coefficient (Wildman–Crippen LogP) is 6.14. The summed E-state index contributed by atoms with van der Waals surface area (Å²) in [5.74, 6) is 1.17. The van der Waals surface area contributed by atoms with Gasteiger partial charge in [0.05, 0.1) is 0 Å². The zero-order valence-electron chi connectivity index (χ0n) is 14.4. The van der Waals surface area contributed by atoms with E-state index in [0.29, 0.717) is 11.7 Å². The molecule has 1 nitrogen and oxygen atoms in total. The van der Waals surface area contributed by atoms with E-state index in [1.807, 2.05) is 6.07 Å². The number of aromatic hydroxyl groups is 1. The first kappa shape index (κ1) is 16.9. The lowest BCUT2D eigenvalue weighted by Crippen LogP contribution is -2.17. The van der Waals surface area contributed by atoms with Crippen LogP contribution in [0.15, 0.2) is 42.0 Å². The van der Waals surface area contributed by atoms with Crippen molar-refractivity contribution in [2.75, 3.05) is 0 Å². The molecule has 1 N–H and O–H groups in total. The fraction of sp³-hybridized carbons (Fsp3) is 0.524. The maximum atomic E-state index is 10.5. The maximum absolute atomic E-state index is 10.5. The molecule has 2 rings (SSSR count). The van der Waals surface area contributed by atoms with E-state index in [9.17, 15) is 5.11 Å². The van der Waals surface area contributed by atoms with Crippen molar-refractivity contribution in [2.45, 2.75) is 65.2 Å². The van der Waals surface area contributed by atoms with Crippen LogP contribution in [0.2, 0.25) is 0 Å². The lowest BCUT2D eigenvalue weighted by atomic mass is 9.74. The number of hydrogen-bond donors (Lipinski definition) is 1. The number of aryl methyl sites for hydroxylation is 1. The van der Waals surface area contributed by atoms with Crippen LogP contribution in [-0.2, 0) is 6.42 Å². The molecule has 0 spiro atoms. The number of allylic oxidation sites excluding steroid dienone is 3. The van der Waals surface area contributed by atoms with E-state index in [1.165, 1.54) is 36.0 Å². The smallest absolute Gasteiger partial charge is 0.119 e. The number of rotatable bonds is 6. The molecule has 0 amide bonds. The Morgan fingerprint density at radius 2 is 2.09 bits per heavy atom.